The van der Waals surface area contributed by atoms with Crippen molar-refractivity contribution in [2.75, 3.05) is 7.05 Å². The van der Waals surface area contributed by atoms with Crippen LogP contribution in [0.2, 0.25) is 0 Å². The number of rotatable bonds is 8. The minimum Gasteiger partial charge on any atom is -0.489 e. The number of aromatic nitrogens is 2. The van der Waals surface area contributed by atoms with Crippen LogP contribution >= 0.6 is 0 Å². The molecule has 2 aliphatic carbocycles. The number of pyridine rings is 1. The van der Waals surface area contributed by atoms with Crippen molar-refractivity contribution in [1.29, 1.82) is 0 Å². The number of carbonyl (C=O) groups excluding carboxylic acids is 1. The molecule has 2 aliphatic rings. The van der Waals surface area contributed by atoms with Crippen LogP contribution in [0.3, 0.4) is 0 Å². The van der Waals surface area contributed by atoms with E-state index in [4.69, 9.17) is 19.1 Å². The standard InChI is InChI=1S/C25H33N3O6/c1-15-20(14-32-25(31)28(3)18-6-4-5-7-18)24(34-27-15)21-10-11-22(16(2)26-21)33-19-9-8-17(12-19)13-23(29)30/h10-11,17-19H,4-9,12-14H2,1-3H3,(H,29,30)/t17-,19-/m1/s1. The average Bonchev–Trinajstić information content (AvgIpc) is 3.55. The molecule has 2 aromatic rings. The van der Waals surface area contributed by atoms with E-state index < -0.39 is 5.97 Å². The molecular weight excluding hydrogens is 438 g/mol. The Balaban J connectivity index is 1.40. The van der Waals surface area contributed by atoms with E-state index in [2.05, 4.69) is 10.1 Å². The van der Waals surface area contributed by atoms with Gasteiger partial charge in [0.05, 0.1) is 23.1 Å². The maximum atomic E-state index is 12.5. The maximum absolute atomic E-state index is 12.5. The Hall–Kier alpha value is -3.10. The molecule has 9 heteroatoms. The number of carbonyl (C=O) groups is 2. The number of hydrogen-bond acceptors (Lipinski definition) is 7. The fourth-order valence-corrected chi connectivity index (χ4v) is 4.98. The Morgan fingerprint density at radius 2 is 1.91 bits per heavy atom. The largest absolute Gasteiger partial charge is 0.489 e. The van der Waals surface area contributed by atoms with Crippen molar-refractivity contribution >= 4 is 12.1 Å². The van der Waals surface area contributed by atoms with Gasteiger partial charge in [-0.25, -0.2) is 9.78 Å². The third-order valence-electron chi connectivity index (χ3n) is 7.01. The van der Waals surface area contributed by atoms with E-state index in [9.17, 15) is 9.59 Å². The second-order valence-electron chi connectivity index (χ2n) is 9.48. The molecule has 0 saturated heterocycles. The smallest absolute Gasteiger partial charge is 0.410 e. The molecule has 0 spiro atoms. The van der Waals surface area contributed by atoms with Gasteiger partial charge >= 0.3 is 12.1 Å². The van der Waals surface area contributed by atoms with E-state index in [-0.39, 0.29) is 37.2 Å². The van der Waals surface area contributed by atoms with E-state index in [0.717, 1.165) is 44.9 Å². The number of hydrogen-bond donors (Lipinski definition) is 1. The van der Waals surface area contributed by atoms with Gasteiger partial charge in [0, 0.05) is 19.5 Å². The van der Waals surface area contributed by atoms with Crippen LogP contribution in [0, 0.1) is 19.8 Å². The Kier molecular flexibility index (Phi) is 7.38. The van der Waals surface area contributed by atoms with Crippen molar-refractivity contribution in [3.8, 4) is 17.2 Å². The summed E-state index contributed by atoms with van der Waals surface area (Å²) in [6.07, 6.45) is 6.59. The summed E-state index contributed by atoms with van der Waals surface area (Å²) < 4.78 is 17.2. The lowest BCUT2D eigenvalue weighted by Gasteiger charge is -2.23. The molecular formula is C25H33N3O6. The quantitative estimate of drug-likeness (QED) is 0.579. The van der Waals surface area contributed by atoms with Crippen molar-refractivity contribution in [3.63, 3.8) is 0 Å². The summed E-state index contributed by atoms with van der Waals surface area (Å²) >= 11 is 0. The number of carboxylic acids is 1. The lowest BCUT2D eigenvalue weighted by molar-refractivity contribution is -0.138. The van der Waals surface area contributed by atoms with Gasteiger partial charge in [-0.2, -0.15) is 0 Å². The fraction of sp³-hybridized carbons (Fsp3) is 0.600. The highest BCUT2D eigenvalue weighted by molar-refractivity contribution is 5.68. The van der Waals surface area contributed by atoms with Gasteiger partial charge in [0.25, 0.3) is 0 Å². The Morgan fingerprint density at radius 1 is 1.15 bits per heavy atom. The monoisotopic (exact) mass is 471 g/mol. The number of ether oxygens (including phenoxy) is 2. The Bertz CT molecular complexity index is 1030. The second-order valence-corrected chi connectivity index (χ2v) is 9.48. The predicted molar refractivity (Wildman–Crippen MR) is 123 cm³/mol. The number of amides is 1. The summed E-state index contributed by atoms with van der Waals surface area (Å²) in [5.74, 6) is 0.546. The van der Waals surface area contributed by atoms with Crippen LogP contribution in [-0.4, -0.2) is 51.4 Å². The summed E-state index contributed by atoms with van der Waals surface area (Å²) in [5.41, 5.74) is 2.65. The van der Waals surface area contributed by atoms with Gasteiger partial charge in [0.15, 0.2) is 5.76 Å². The second kappa shape index (κ2) is 10.4. The van der Waals surface area contributed by atoms with Crippen molar-refractivity contribution < 1.29 is 28.7 Å². The Morgan fingerprint density at radius 3 is 2.62 bits per heavy atom. The molecule has 2 fully saturated rings. The van der Waals surface area contributed by atoms with Gasteiger partial charge in [-0.1, -0.05) is 18.0 Å². The van der Waals surface area contributed by atoms with E-state index in [1.54, 1.807) is 11.9 Å². The first-order chi connectivity index (χ1) is 16.3. The predicted octanol–water partition coefficient (Wildman–Crippen LogP) is 4.89. The zero-order valence-electron chi connectivity index (χ0n) is 20.1. The first-order valence-electron chi connectivity index (χ1n) is 12.0. The van der Waals surface area contributed by atoms with E-state index in [1.807, 2.05) is 26.0 Å². The molecule has 0 aliphatic heterocycles. The molecule has 0 unspecified atom stereocenters. The minimum atomic E-state index is -0.762. The highest BCUT2D eigenvalue weighted by Crippen LogP contribution is 2.34. The van der Waals surface area contributed by atoms with E-state index >= 15 is 0 Å². The van der Waals surface area contributed by atoms with Crippen LogP contribution in [-0.2, 0) is 16.1 Å². The number of aryl methyl sites for hydroxylation is 2. The lowest BCUT2D eigenvalue weighted by Crippen LogP contribution is -2.35. The number of carboxylic acid groups (broad SMARTS) is 1. The van der Waals surface area contributed by atoms with E-state index in [0.29, 0.717) is 34.2 Å². The minimum absolute atomic E-state index is 0.00458. The normalized spacial score (nSPS) is 20.4. The third kappa shape index (κ3) is 5.51. The fourth-order valence-electron chi connectivity index (χ4n) is 4.98. The molecule has 2 saturated carbocycles. The van der Waals surface area contributed by atoms with Crippen LogP contribution in [0.25, 0.3) is 11.5 Å². The SMILES string of the molecule is Cc1nc(-c2onc(C)c2COC(=O)N(C)C2CCCC2)ccc1O[C@@H]1CC[C@@H](CC(=O)O)C1. The summed E-state index contributed by atoms with van der Waals surface area (Å²) in [7, 11) is 1.79. The van der Waals surface area contributed by atoms with Gasteiger partial charge in [0.2, 0.25) is 0 Å². The van der Waals surface area contributed by atoms with Crippen molar-refractivity contribution in [3.05, 3.63) is 29.1 Å². The third-order valence-corrected chi connectivity index (χ3v) is 7.01. The van der Waals surface area contributed by atoms with Crippen molar-refractivity contribution in [2.24, 2.45) is 5.92 Å². The molecule has 0 radical (unpaired) electrons. The number of nitrogens with zero attached hydrogens (tertiary/aromatic N) is 3. The van der Waals surface area contributed by atoms with Gasteiger partial charge in [-0.05, 0) is 64.0 Å². The zero-order valence-corrected chi connectivity index (χ0v) is 20.1. The molecule has 0 aromatic carbocycles. The molecule has 2 heterocycles. The Labute approximate surface area is 199 Å². The van der Waals surface area contributed by atoms with Crippen LogP contribution < -0.4 is 4.74 Å². The molecule has 2 atom stereocenters. The van der Waals surface area contributed by atoms with Gasteiger partial charge < -0.3 is 24.0 Å². The van der Waals surface area contributed by atoms with Gasteiger partial charge in [-0.15, -0.1) is 0 Å². The first kappa shape index (κ1) is 24.0. The lowest BCUT2D eigenvalue weighted by atomic mass is 10.0. The molecule has 2 aromatic heterocycles. The summed E-state index contributed by atoms with van der Waals surface area (Å²) in [5, 5.41) is 13.1. The maximum Gasteiger partial charge on any atom is 0.410 e. The first-order valence-corrected chi connectivity index (χ1v) is 12.0. The van der Waals surface area contributed by atoms with Crippen LogP contribution in [0.5, 0.6) is 5.75 Å². The average molecular weight is 472 g/mol. The molecule has 0 bridgehead atoms. The van der Waals surface area contributed by atoms with Gasteiger partial charge in [0.1, 0.15) is 18.1 Å². The highest BCUT2D eigenvalue weighted by Gasteiger charge is 2.29. The van der Waals surface area contributed by atoms with Crippen LogP contribution in [0.1, 0.15) is 68.3 Å². The van der Waals surface area contributed by atoms with Crippen molar-refractivity contribution in [2.45, 2.75) is 84.0 Å². The van der Waals surface area contributed by atoms with Gasteiger partial charge in [-0.3, -0.25) is 4.79 Å². The summed E-state index contributed by atoms with van der Waals surface area (Å²) in [4.78, 5) is 29.8. The molecule has 1 amide bonds. The highest BCUT2D eigenvalue weighted by atomic mass is 16.6. The zero-order chi connectivity index (χ0) is 24.2. The summed E-state index contributed by atoms with van der Waals surface area (Å²) in [6, 6.07) is 3.90. The molecule has 34 heavy (non-hydrogen) atoms. The molecule has 184 valence electrons. The summed E-state index contributed by atoms with van der Waals surface area (Å²) in [6.45, 7) is 3.74. The number of aliphatic carboxylic acids is 1. The van der Waals surface area contributed by atoms with Crippen LogP contribution in [0.4, 0.5) is 4.79 Å². The van der Waals surface area contributed by atoms with E-state index in [1.165, 1.54) is 0 Å². The molecule has 4 rings (SSSR count). The van der Waals surface area contributed by atoms with Crippen molar-refractivity contribution in [1.82, 2.24) is 15.0 Å². The molecule has 1 N–H and O–H groups in total. The molecule has 9 nitrogen and oxygen atoms in total. The van der Waals surface area contributed by atoms with Crippen LogP contribution in [0.15, 0.2) is 16.7 Å². The topological polar surface area (TPSA) is 115 Å².